The number of pyridine rings is 1. The second-order valence-corrected chi connectivity index (χ2v) is 6.88. The average Bonchev–Trinajstić information content (AvgIpc) is 3.09. The second kappa shape index (κ2) is 7.48. The molecular weight excluding hydrogens is 357 g/mol. The normalized spacial score (nSPS) is 17.7. The number of ether oxygens (including phenoxy) is 1. The van der Waals surface area contributed by atoms with E-state index in [0.29, 0.717) is 18.6 Å². The maximum absolute atomic E-state index is 13.6. The van der Waals surface area contributed by atoms with Gasteiger partial charge in [-0.25, -0.2) is 4.39 Å². The fraction of sp³-hybridized carbons (Fsp3) is 0.227. The lowest BCUT2D eigenvalue weighted by molar-refractivity contribution is 0.300. The zero-order valence-electron chi connectivity index (χ0n) is 15.6. The average molecular weight is 379 g/mol. The van der Waals surface area contributed by atoms with Crippen LogP contribution in [-0.2, 0) is 18.5 Å². The van der Waals surface area contributed by atoms with Crippen molar-refractivity contribution in [1.29, 1.82) is 0 Å². The van der Waals surface area contributed by atoms with Crippen LogP contribution in [0.4, 0.5) is 15.8 Å². The molecule has 4 rings (SSSR count). The van der Waals surface area contributed by atoms with Gasteiger partial charge in [-0.15, -0.1) is 0 Å². The van der Waals surface area contributed by atoms with Crippen LogP contribution in [-0.4, -0.2) is 23.8 Å². The fourth-order valence-electron chi connectivity index (χ4n) is 3.73. The van der Waals surface area contributed by atoms with Crippen LogP contribution in [0.3, 0.4) is 0 Å². The van der Waals surface area contributed by atoms with Gasteiger partial charge in [0, 0.05) is 24.8 Å². The molecule has 0 spiro atoms. The first-order valence-electron chi connectivity index (χ1n) is 9.16. The quantitative estimate of drug-likeness (QED) is 0.609. The first-order valence-corrected chi connectivity index (χ1v) is 9.16. The standard InChI is InChI=1S/C22H22FN3O2/c1-28-20-11-19(13-24-14-20)25-22(17-5-7-18(23)8-6-17)12-16-4-2-3-15(9-10-27)21(16)26-22/h2-8,11,13-14,25-27H,9-10,12H2,1H3. The van der Waals surface area contributed by atoms with E-state index in [1.54, 1.807) is 31.6 Å². The van der Waals surface area contributed by atoms with Gasteiger partial charge in [-0.2, -0.15) is 0 Å². The summed E-state index contributed by atoms with van der Waals surface area (Å²) in [6.07, 6.45) is 4.60. The Morgan fingerprint density at radius 1 is 1.21 bits per heavy atom. The zero-order chi connectivity index (χ0) is 19.6. The van der Waals surface area contributed by atoms with Crippen LogP contribution in [0.1, 0.15) is 16.7 Å². The highest BCUT2D eigenvalue weighted by Crippen LogP contribution is 2.42. The Morgan fingerprint density at radius 3 is 2.79 bits per heavy atom. The van der Waals surface area contributed by atoms with E-state index in [4.69, 9.17) is 4.74 Å². The fourth-order valence-corrected chi connectivity index (χ4v) is 3.73. The number of anilines is 2. The summed E-state index contributed by atoms with van der Waals surface area (Å²) in [7, 11) is 1.60. The second-order valence-electron chi connectivity index (χ2n) is 6.88. The van der Waals surface area contributed by atoms with Gasteiger partial charge >= 0.3 is 0 Å². The van der Waals surface area contributed by atoms with Crippen molar-refractivity contribution in [2.75, 3.05) is 24.4 Å². The van der Waals surface area contributed by atoms with Crippen LogP contribution in [0.15, 0.2) is 60.9 Å². The molecule has 1 unspecified atom stereocenters. The number of hydrogen-bond donors (Lipinski definition) is 3. The Labute approximate surface area is 163 Å². The highest BCUT2D eigenvalue weighted by Gasteiger charge is 2.39. The third kappa shape index (κ3) is 3.39. The molecular formula is C22H22FN3O2. The van der Waals surface area contributed by atoms with Crippen LogP contribution in [0, 0.1) is 5.82 Å². The molecule has 0 amide bonds. The molecule has 1 aromatic heterocycles. The molecule has 0 saturated heterocycles. The molecule has 0 bridgehead atoms. The lowest BCUT2D eigenvalue weighted by atomic mass is 9.94. The van der Waals surface area contributed by atoms with E-state index in [9.17, 15) is 9.50 Å². The van der Waals surface area contributed by atoms with E-state index in [0.717, 1.165) is 28.1 Å². The summed E-state index contributed by atoms with van der Waals surface area (Å²) in [5, 5.41) is 16.6. The number of aromatic nitrogens is 1. The summed E-state index contributed by atoms with van der Waals surface area (Å²) in [5.74, 6) is 0.370. The van der Waals surface area contributed by atoms with Gasteiger partial charge in [0.2, 0.25) is 0 Å². The summed E-state index contributed by atoms with van der Waals surface area (Å²) in [6, 6.07) is 14.4. The third-order valence-corrected chi connectivity index (χ3v) is 5.06. The lowest BCUT2D eigenvalue weighted by Gasteiger charge is -2.33. The molecule has 2 heterocycles. The van der Waals surface area contributed by atoms with E-state index in [-0.39, 0.29) is 12.4 Å². The van der Waals surface area contributed by atoms with Crippen molar-refractivity contribution in [3.8, 4) is 5.75 Å². The molecule has 1 aliphatic rings. The van der Waals surface area contributed by atoms with Crippen LogP contribution < -0.4 is 15.4 Å². The van der Waals surface area contributed by atoms with Crippen LogP contribution in [0.25, 0.3) is 0 Å². The number of methoxy groups -OCH3 is 1. The van der Waals surface area contributed by atoms with Gasteiger partial charge in [0.25, 0.3) is 0 Å². The maximum atomic E-state index is 13.6. The van der Waals surface area contributed by atoms with Gasteiger partial charge in [-0.3, -0.25) is 4.98 Å². The molecule has 28 heavy (non-hydrogen) atoms. The first-order chi connectivity index (χ1) is 13.6. The van der Waals surface area contributed by atoms with Gasteiger partial charge < -0.3 is 20.5 Å². The topological polar surface area (TPSA) is 66.4 Å². The smallest absolute Gasteiger partial charge is 0.139 e. The van der Waals surface area contributed by atoms with Crippen LogP contribution in [0.5, 0.6) is 5.75 Å². The Kier molecular flexibility index (Phi) is 4.88. The van der Waals surface area contributed by atoms with Crippen molar-refractivity contribution in [2.45, 2.75) is 18.5 Å². The van der Waals surface area contributed by atoms with Crippen molar-refractivity contribution in [1.82, 2.24) is 4.98 Å². The van der Waals surface area contributed by atoms with Crippen LogP contribution in [0.2, 0.25) is 0 Å². The summed E-state index contributed by atoms with van der Waals surface area (Å²) in [6.45, 7) is 0.0783. The molecule has 1 atom stereocenters. The molecule has 0 fully saturated rings. The van der Waals surface area contributed by atoms with Gasteiger partial charge in [0.05, 0.1) is 25.2 Å². The number of benzene rings is 2. The zero-order valence-corrected chi connectivity index (χ0v) is 15.6. The third-order valence-electron chi connectivity index (χ3n) is 5.06. The highest BCUT2D eigenvalue weighted by molar-refractivity contribution is 5.68. The van der Waals surface area contributed by atoms with Crippen molar-refractivity contribution < 1.29 is 14.2 Å². The molecule has 144 valence electrons. The predicted molar refractivity (Wildman–Crippen MR) is 107 cm³/mol. The molecule has 5 nitrogen and oxygen atoms in total. The van der Waals surface area contributed by atoms with Gasteiger partial charge in [0.15, 0.2) is 0 Å². The minimum atomic E-state index is -0.671. The van der Waals surface area contributed by atoms with Gasteiger partial charge in [-0.1, -0.05) is 30.3 Å². The molecule has 3 aromatic rings. The van der Waals surface area contributed by atoms with E-state index < -0.39 is 5.66 Å². The molecule has 3 N–H and O–H groups in total. The van der Waals surface area contributed by atoms with Crippen molar-refractivity contribution >= 4 is 11.4 Å². The summed E-state index contributed by atoms with van der Waals surface area (Å²) in [4.78, 5) is 4.22. The SMILES string of the molecule is COc1cncc(NC2(c3ccc(F)cc3)Cc3cccc(CCO)c3N2)c1. The van der Waals surface area contributed by atoms with Crippen LogP contribution >= 0.6 is 0 Å². The van der Waals surface area contributed by atoms with Crippen molar-refractivity contribution in [3.05, 3.63) is 83.4 Å². The van der Waals surface area contributed by atoms with E-state index >= 15 is 0 Å². The number of nitrogens with one attached hydrogen (secondary N) is 2. The number of halogens is 1. The summed E-state index contributed by atoms with van der Waals surface area (Å²) < 4.78 is 18.8. The predicted octanol–water partition coefficient (Wildman–Crippen LogP) is 3.70. The summed E-state index contributed by atoms with van der Waals surface area (Å²) in [5.41, 5.74) is 4.21. The minimum Gasteiger partial charge on any atom is -0.495 e. The molecule has 2 aromatic carbocycles. The molecule has 0 saturated carbocycles. The van der Waals surface area contributed by atoms with E-state index in [2.05, 4.69) is 21.7 Å². The number of hydrogen-bond acceptors (Lipinski definition) is 5. The molecule has 0 aliphatic carbocycles. The number of rotatable bonds is 6. The van der Waals surface area contributed by atoms with Crippen molar-refractivity contribution in [3.63, 3.8) is 0 Å². The molecule has 1 aliphatic heterocycles. The number of aliphatic hydroxyl groups excluding tert-OH is 1. The monoisotopic (exact) mass is 379 g/mol. The van der Waals surface area contributed by atoms with Gasteiger partial charge in [0.1, 0.15) is 17.2 Å². The Hall–Kier alpha value is -3.12. The number of aliphatic hydroxyl groups is 1. The van der Waals surface area contributed by atoms with E-state index in [1.165, 1.54) is 12.1 Å². The van der Waals surface area contributed by atoms with Crippen molar-refractivity contribution in [2.24, 2.45) is 0 Å². The molecule has 6 heteroatoms. The van der Waals surface area contributed by atoms with E-state index in [1.807, 2.05) is 18.2 Å². The minimum absolute atomic E-state index is 0.0783. The Balaban J connectivity index is 1.77. The number of fused-ring (bicyclic) bond motifs is 1. The summed E-state index contributed by atoms with van der Waals surface area (Å²) >= 11 is 0. The number of nitrogens with zero attached hydrogens (tertiary/aromatic N) is 1. The Bertz CT molecular complexity index is 978. The first kappa shape index (κ1) is 18.3. The highest BCUT2D eigenvalue weighted by atomic mass is 19.1. The van der Waals surface area contributed by atoms with Gasteiger partial charge in [-0.05, 0) is 35.2 Å². The number of para-hydroxylation sites is 1. The Morgan fingerprint density at radius 2 is 2.04 bits per heavy atom. The maximum Gasteiger partial charge on any atom is 0.139 e. The largest absolute Gasteiger partial charge is 0.495 e. The molecule has 0 radical (unpaired) electrons. The lowest BCUT2D eigenvalue weighted by Crippen LogP contribution is -2.41.